The van der Waals surface area contributed by atoms with Gasteiger partial charge in [-0.1, -0.05) is 41.4 Å². The number of nitro groups is 1. The van der Waals surface area contributed by atoms with Crippen molar-refractivity contribution in [3.05, 3.63) is 98.0 Å². The second-order valence-electron chi connectivity index (χ2n) is 5.77. The van der Waals surface area contributed by atoms with E-state index in [0.717, 1.165) is 6.07 Å². The third-order valence-electron chi connectivity index (χ3n) is 3.81. The number of hydrogen-bond acceptors (Lipinski definition) is 5. The summed E-state index contributed by atoms with van der Waals surface area (Å²) >= 11 is 12.0. The Morgan fingerprint density at radius 3 is 2.34 bits per heavy atom. The van der Waals surface area contributed by atoms with Crippen molar-refractivity contribution < 1.29 is 19.2 Å². The lowest BCUT2D eigenvalue weighted by molar-refractivity contribution is -0.384. The minimum atomic E-state index is -0.654. The highest BCUT2D eigenvalue weighted by Crippen LogP contribution is 2.29. The van der Waals surface area contributed by atoms with Crippen LogP contribution in [0.1, 0.15) is 20.7 Å². The van der Waals surface area contributed by atoms with Crippen molar-refractivity contribution in [2.75, 3.05) is 5.32 Å². The molecule has 0 saturated heterocycles. The molecular formula is C20H12Cl2N2O5. The number of amides is 1. The zero-order valence-corrected chi connectivity index (χ0v) is 16.1. The first-order valence-electron chi connectivity index (χ1n) is 8.17. The van der Waals surface area contributed by atoms with Crippen LogP contribution in [0.4, 0.5) is 11.4 Å². The largest absolute Gasteiger partial charge is 0.422 e. The van der Waals surface area contributed by atoms with Gasteiger partial charge in [-0.2, -0.15) is 0 Å². The quantitative estimate of drug-likeness (QED) is 0.253. The molecule has 0 aromatic heterocycles. The fourth-order valence-electron chi connectivity index (χ4n) is 2.41. The predicted octanol–water partition coefficient (Wildman–Crippen LogP) is 5.37. The maximum Gasteiger partial charge on any atom is 0.343 e. The number of nitro benzene ring substituents is 1. The van der Waals surface area contributed by atoms with Gasteiger partial charge in [0.05, 0.1) is 26.8 Å². The van der Waals surface area contributed by atoms with Crippen molar-refractivity contribution in [2.24, 2.45) is 0 Å². The van der Waals surface area contributed by atoms with Crippen LogP contribution in [0.3, 0.4) is 0 Å². The van der Waals surface area contributed by atoms with Crippen LogP contribution in [0, 0.1) is 10.1 Å². The molecule has 0 aliphatic rings. The molecule has 0 fully saturated rings. The average Bonchev–Trinajstić information content (AvgIpc) is 2.71. The van der Waals surface area contributed by atoms with E-state index in [1.54, 1.807) is 30.3 Å². The summed E-state index contributed by atoms with van der Waals surface area (Å²) in [5, 5.41) is 13.6. The predicted molar refractivity (Wildman–Crippen MR) is 109 cm³/mol. The molecule has 146 valence electrons. The number of carbonyl (C=O) groups is 2. The Balaban J connectivity index is 1.86. The molecule has 0 heterocycles. The summed E-state index contributed by atoms with van der Waals surface area (Å²) in [6.45, 7) is 0. The molecule has 0 unspecified atom stereocenters. The summed E-state index contributed by atoms with van der Waals surface area (Å²) in [5.41, 5.74) is 0.249. The number of nitrogens with one attached hydrogen (secondary N) is 1. The molecule has 9 heteroatoms. The molecule has 0 aliphatic carbocycles. The minimum Gasteiger partial charge on any atom is -0.422 e. The van der Waals surface area contributed by atoms with Gasteiger partial charge in [-0.15, -0.1) is 0 Å². The van der Waals surface area contributed by atoms with Crippen molar-refractivity contribution in [3.63, 3.8) is 0 Å². The normalized spacial score (nSPS) is 10.3. The molecule has 0 aliphatic heterocycles. The van der Waals surface area contributed by atoms with Crippen LogP contribution in [-0.2, 0) is 0 Å². The van der Waals surface area contributed by atoms with Crippen molar-refractivity contribution in [1.82, 2.24) is 0 Å². The smallest absolute Gasteiger partial charge is 0.343 e. The first-order valence-corrected chi connectivity index (χ1v) is 8.93. The maximum atomic E-state index is 12.7. The van der Waals surface area contributed by atoms with E-state index in [1.807, 2.05) is 0 Å². The summed E-state index contributed by atoms with van der Waals surface area (Å²) < 4.78 is 5.35. The Labute approximate surface area is 175 Å². The zero-order valence-electron chi connectivity index (χ0n) is 14.6. The van der Waals surface area contributed by atoms with E-state index in [4.69, 9.17) is 27.9 Å². The highest BCUT2D eigenvalue weighted by molar-refractivity contribution is 6.34. The first-order chi connectivity index (χ1) is 13.8. The lowest BCUT2D eigenvalue weighted by Crippen LogP contribution is -2.16. The van der Waals surface area contributed by atoms with Gasteiger partial charge >= 0.3 is 5.97 Å². The van der Waals surface area contributed by atoms with E-state index in [9.17, 15) is 19.7 Å². The fourth-order valence-corrected chi connectivity index (χ4v) is 2.80. The molecule has 0 bridgehead atoms. The van der Waals surface area contributed by atoms with Gasteiger partial charge in [0, 0.05) is 17.2 Å². The van der Waals surface area contributed by atoms with Crippen molar-refractivity contribution in [3.8, 4) is 5.75 Å². The lowest BCUT2D eigenvalue weighted by atomic mass is 10.1. The molecule has 3 aromatic carbocycles. The lowest BCUT2D eigenvalue weighted by Gasteiger charge is -2.12. The van der Waals surface area contributed by atoms with E-state index < -0.39 is 16.8 Å². The average molecular weight is 431 g/mol. The van der Waals surface area contributed by atoms with Crippen LogP contribution in [0.15, 0.2) is 66.7 Å². The third-order valence-corrected chi connectivity index (χ3v) is 4.36. The van der Waals surface area contributed by atoms with Crippen LogP contribution in [0.5, 0.6) is 5.75 Å². The van der Waals surface area contributed by atoms with Gasteiger partial charge < -0.3 is 10.1 Å². The second kappa shape index (κ2) is 8.72. The van der Waals surface area contributed by atoms with Gasteiger partial charge in [-0.3, -0.25) is 14.9 Å². The summed E-state index contributed by atoms with van der Waals surface area (Å²) in [6.07, 6.45) is 0. The second-order valence-corrected chi connectivity index (χ2v) is 6.62. The maximum absolute atomic E-state index is 12.7. The highest BCUT2D eigenvalue weighted by atomic mass is 35.5. The molecule has 1 amide bonds. The SMILES string of the molecule is O=C(Oc1ccc(Cl)cc1C(=O)Nc1ccc([N+](=O)[O-])cc1Cl)c1ccccc1. The number of rotatable bonds is 5. The molecule has 0 atom stereocenters. The standard InChI is InChI=1S/C20H12Cl2N2O5/c21-13-6-9-18(29-20(26)12-4-2-1-3-5-12)15(10-13)19(25)23-17-8-7-14(24(27)28)11-16(17)22/h1-11H,(H,23,25). The van der Waals surface area contributed by atoms with Gasteiger partial charge in [0.1, 0.15) is 5.75 Å². The number of halogens is 2. The minimum absolute atomic E-state index is 0.00112. The van der Waals surface area contributed by atoms with E-state index in [1.165, 1.54) is 30.3 Å². The van der Waals surface area contributed by atoms with Crippen LogP contribution in [-0.4, -0.2) is 16.8 Å². The Bertz CT molecular complexity index is 1100. The molecule has 29 heavy (non-hydrogen) atoms. The van der Waals surface area contributed by atoms with Crippen molar-refractivity contribution >= 4 is 46.5 Å². The monoisotopic (exact) mass is 430 g/mol. The van der Waals surface area contributed by atoms with Crippen molar-refractivity contribution in [1.29, 1.82) is 0 Å². The number of hydrogen-bond donors (Lipinski definition) is 1. The molecular weight excluding hydrogens is 419 g/mol. The van der Waals surface area contributed by atoms with Crippen LogP contribution in [0.2, 0.25) is 10.0 Å². The van der Waals surface area contributed by atoms with Gasteiger partial charge in [-0.05, 0) is 36.4 Å². The molecule has 1 N–H and O–H groups in total. The number of esters is 1. The number of benzene rings is 3. The Kier molecular flexibility index (Phi) is 6.11. The number of anilines is 1. The summed E-state index contributed by atoms with van der Waals surface area (Å²) in [5.74, 6) is -1.30. The molecule has 0 radical (unpaired) electrons. The number of nitrogens with zero attached hydrogens (tertiary/aromatic N) is 1. The van der Waals surface area contributed by atoms with Crippen LogP contribution >= 0.6 is 23.2 Å². The Morgan fingerprint density at radius 1 is 0.966 bits per heavy atom. The molecule has 0 spiro atoms. The molecule has 7 nitrogen and oxygen atoms in total. The van der Waals surface area contributed by atoms with E-state index >= 15 is 0 Å². The van der Waals surface area contributed by atoms with Gasteiger partial charge in [-0.25, -0.2) is 4.79 Å². The number of ether oxygens (including phenoxy) is 1. The van der Waals surface area contributed by atoms with Crippen LogP contribution in [0.25, 0.3) is 0 Å². The topological polar surface area (TPSA) is 98.5 Å². The molecule has 0 saturated carbocycles. The van der Waals surface area contributed by atoms with Crippen LogP contribution < -0.4 is 10.1 Å². The summed E-state index contributed by atoms with van der Waals surface area (Å²) in [6, 6.07) is 16.1. The number of non-ortho nitro benzene ring substituents is 1. The summed E-state index contributed by atoms with van der Waals surface area (Å²) in [7, 11) is 0. The highest BCUT2D eigenvalue weighted by Gasteiger charge is 2.19. The van der Waals surface area contributed by atoms with E-state index in [2.05, 4.69) is 5.32 Å². The van der Waals surface area contributed by atoms with Crippen molar-refractivity contribution in [2.45, 2.75) is 0 Å². The molecule has 3 rings (SSSR count). The van der Waals surface area contributed by atoms with Gasteiger partial charge in [0.2, 0.25) is 0 Å². The van der Waals surface area contributed by atoms with Gasteiger partial charge in [0.25, 0.3) is 11.6 Å². The third kappa shape index (κ3) is 4.90. The fraction of sp³-hybridized carbons (Fsp3) is 0. The Morgan fingerprint density at radius 2 is 1.69 bits per heavy atom. The zero-order chi connectivity index (χ0) is 21.0. The first kappa shape index (κ1) is 20.3. The summed E-state index contributed by atoms with van der Waals surface area (Å²) in [4.78, 5) is 35.2. The van der Waals surface area contributed by atoms with E-state index in [-0.39, 0.29) is 32.7 Å². The van der Waals surface area contributed by atoms with E-state index in [0.29, 0.717) is 5.56 Å². The van der Waals surface area contributed by atoms with Gasteiger partial charge in [0.15, 0.2) is 0 Å². The Hall–Kier alpha value is -3.42. The number of carbonyl (C=O) groups excluding carboxylic acids is 2. The molecule has 3 aromatic rings.